The number of aliphatic hydroxyl groups excluding tert-OH is 10. The van der Waals surface area contributed by atoms with Crippen molar-refractivity contribution in [3.8, 4) is 34.5 Å². The number of fused-ring (bicyclic) bond motifs is 1. The van der Waals surface area contributed by atoms with E-state index in [1.54, 1.807) is 0 Å². The maximum absolute atomic E-state index is 11.0. The van der Waals surface area contributed by atoms with Gasteiger partial charge in [0.05, 0.1) is 30.9 Å². The van der Waals surface area contributed by atoms with Crippen LogP contribution in [0, 0.1) is 0 Å². The zero-order chi connectivity index (χ0) is 39.3. The Morgan fingerprint density at radius 2 is 1.19 bits per heavy atom. The number of hydrogen-bond donors (Lipinski definition) is 14. The first-order valence-corrected chi connectivity index (χ1v) is 16.7. The molecule has 4 heterocycles. The first-order chi connectivity index (χ1) is 25.5. The molecule has 0 aliphatic carbocycles. The zero-order valence-corrected chi connectivity index (χ0v) is 28.2. The minimum absolute atomic E-state index is 0.00676. The summed E-state index contributed by atoms with van der Waals surface area (Å²) in [5.74, 6) is -3.37. The molecule has 4 aliphatic rings. The van der Waals surface area contributed by atoms with Crippen LogP contribution in [0.1, 0.15) is 24.2 Å². The molecule has 54 heavy (non-hydrogen) atoms. The van der Waals surface area contributed by atoms with E-state index >= 15 is 0 Å². The Bertz CT molecular complexity index is 1650. The van der Waals surface area contributed by atoms with Crippen LogP contribution in [-0.2, 0) is 23.7 Å². The molecular formula is C33H43O21+. The highest BCUT2D eigenvalue weighted by molar-refractivity contribution is 5.70. The quantitative estimate of drug-likeness (QED) is 0.0846. The van der Waals surface area contributed by atoms with Gasteiger partial charge in [0, 0.05) is 12.1 Å². The lowest BCUT2D eigenvalue weighted by atomic mass is 9.98. The summed E-state index contributed by atoms with van der Waals surface area (Å²) in [6.45, 7) is 0.0334. The van der Waals surface area contributed by atoms with E-state index in [0.717, 1.165) is 18.2 Å². The van der Waals surface area contributed by atoms with Crippen LogP contribution in [0.4, 0.5) is 0 Å². The molecule has 3 fully saturated rings. The minimum atomic E-state index is -1.96. The first-order valence-electron chi connectivity index (χ1n) is 16.7. The summed E-state index contributed by atoms with van der Waals surface area (Å²) in [5, 5.41) is 145. The van der Waals surface area contributed by atoms with Crippen molar-refractivity contribution in [2.24, 2.45) is 0 Å². The third kappa shape index (κ3) is 7.56. The predicted octanol–water partition coefficient (Wildman–Crippen LogP) is -4.31. The molecule has 0 bridgehead atoms. The molecule has 21 nitrogen and oxygen atoms in total. The SMILES string of the molecule is CC1OC(OCC2OC(OC3=Cc4c(OC5OC(CO)C(O)C(O)C5O)cc(O)cc4[OH+]C3c3cc(O)c(O)c(O)c3)C(O)C(O)C2O)C(O)C(O)C1O. The van der Waals surface area contributed by atoms with E-state index in [1.807, 2.05) is 0 Å². The standard InChI is InChI=1S/C33H42O21/c1-9-20(38)24(42)27(45)31(49-9)48-8-19-23(41)26(44)29(47)33(54-19)52-17-6-12-15(50-30(17)10-2-13(36)21(39)14(37)3-10)4-11(35)5-16(12)51-32-28(46)25(43)22(40)18(7-34)53-32/h2-6,9,18-20,22-47H,7-8H2,1H3/p+1. The molecular weight excluding hydrogens is 732 g/mol. The molecule has 2 aromatic rings. The van der Waals surface area contributed by atoms with E-state index in [1.165, 1.54) is 19.1 Å². The normalized spacial score (nSPS) is 39.6. The van der Waals surface area contributed by atoms with Gasteiger partial charge in [-0.15, -0.1) is 0 Å². The summed E-state index contributed by atoms with van der Waals surface area (Å²) in [7, 11) is 0. The van der Waals surface area contributed by atoms with Crippen molar-refractivity contribution in [2.75, 3.05) is 13.2 Å². The van der Waals surface area contributed by atoms with E-state index in [9.17, 15) is 71.5 Å². The summed E-state index contributed by atoms with van der Waals surface area (Å²) in [4.78, 5) is 0. The predicted molar refractivity (Wildman–Crippen MR) is 172 cm³/mol. The Kier molecular flexibility index (Phi) is 11.6. The van der Waals surface area contributed by atoms with E-state index in [4.69, 9.17) is 28.4 Å². The molecule has 2 aromatic carbocycles. The van der Waals surface area contributed by atoms with Crippen molar-refractivity contribution >= 4 is 6.08 Å². The van der Waals surface area contributed by atoms with Gasteiger partial charge in [0.25, 0.3) is 11.9 Å². The smallest absolute Gasteiger partial charge is 0.270 e. The van der Waals surface area contributed by atoms with Crippen LogP contribution < -0.4 is 4.74 Å². The van der Waals surface area contributed by atoms with Gasteiger partial charge in [0.1, 0.15) is 84.2 Å². The van der Waals surface area contributed by atoms with Crippen molar-refractivity contribution in [3.05, 3.63) is 41.2 Å². The average Bonchev–Trinajstić information content (AvgIpc) is 3.14. The molecule has 3 saturated heterocycles. The van der Waals surface area contributed by atoms with E-state index in [-0.39, 0.29) is 28.4 Å². The van der Waals surface area contributed by atoms with Crippen LogP contribution in [0.3, 0.4) is 0 Å². The third-order valence-corrected chi connectivity index (χ3v) is 9.58. The van der Waals surface area contributed by atoms with Gasteiger partial charge < -0.3 is 105 Å². The number of phenolic OH excluding ortho intramolecular Hbond substituents is 4. The Morgan fingerprint density at radius 1 is 0.630 bits per heavy atom. The number of benzene rings is 2. The largest absolute Gasteiger partial charge is 0.571 e. The topological polar surface area (TPSA) is 351 Å². The van der Waals surface area contributed by atoms with Gasteiger partial charge in [-0.25, -0.2) is 0 Å². The molecule has 15 N–H and O–H groups in total. The van der Waals surface area contributed by atoms with Crippen LogP contribution in [0.5, 0.6) is 34.5 Å². The van der Waals surface area contributed by atoms with Crippen LogP contribution in [0.2, 0.25) is 0 Å². The second kappa shape index (κ2) is 15.8. The fourth-order valence-electron chi connectivity index (χ4n) is 6.41. The van der Waals surface area contributed by atoms with Crippen molar-refractivity contribution in [2.45, 2.75) is 105 Å². The van der Waals surface area contributed by atoms with Crippen LogP contribution in [-0.4, -0.2) is 182 Å². The first kappa shape index (κ1) is 39.9. The maximum Gasteiger partial charge on any atom is 0.270 e. The number of aromatic hydroxyl groups is 5. The molecule has 16 unspecified atom stereocenters. The minimum Gasteiger partial charge on any atom is -0.571 e. The summed E-state index contributed by atoms with van der Waals surface area (Å²) < 4.78 is 38.5. The number of aliphatic hydroxyl groups is 11. The Labute approximate surface area is 304 Å². The van der Waals surface area contributed by atoms with Gasteiger partial charge >= 0.3 is 0 Å². The lowest BCUT2D eigenvalue weighted by Crippen LogP contribution is -2.61. The van der Waals surface area contributed by atoms with Gasteiger partial charge in [0.15, 0.2) is 29.3 Å². The Hall–Kier alpha value is -3.78. The summed E-state index contributed by atoms with van der Waals surface area (Å²) in [6, 6.07) is 4.29. The van der Waals surface area contributed by atoms with Crippen LogP contribution in [0.15, 0.2) is 30.0 Å². The van der Waals surface area contributed by atoms with Crippen molar-refractivity contribution in [1.29, 1.82) is 0 Å². The highest BCUT2D eigenvalue weighted by Gasteiger charge is 2.49. The molecule has 16 atom stereocenters. The van der Waals surface area contributed by atoms with Gasteiger partial charge in [-0.1, -0.05) is 0 Å². The fraction of sp³-hybridized carbons (Fsp3) is 0.576. The molecule has 21 heteroatoms. The molecule has 0 aromatic heterocycles. The highest BCUT2D eigenvalue weighted by atomic mass is 16.7. The highest BCUT2D eigenvalue weighted by Crippen LogP contribution is 2.48. The van der Waals surface area contributed by atoms with Crippen molar-refractivity contribution < 1.29 is 105 Å². The van der Waals surface area contributed by atoms with E-state index in [2.05, 4.69) is 4.74 Å². The van der Waals surface area contributed by atoms with Gasteiger partial charge in [0.2, 0.25) is 12.6 Å². The van der Waals surface area contributed by atoms with E-state index in [0.29, 0.717) is 0 Å². The molecule has 0 saturated carbocycles. The number of ether oxygens (including phenoxy) is 7. The van der Waals surface area contributed by atoms with Crippen LogP contribution >= 0.6 is 0 Å². The van der Waals surface area contributed by atoms with E-state index < -0.39 is 134 Å². The van der Waals surface area contributed by atoms with Crippen molar-refractivity contribution in [3.63, 3.8) is 0 Å². The Balaban J connectivity index is 1.32. The molecule has 0 spiro atoms. The number of hydrogen-bond acceptors (Lipinski definition) is 20. The van der Waals surface area contributed by atoms with Crippen molar-refractivity contribution in [1.82, 2.24) is 0 Å². The van der Waals surface area contributed by atoms with Gasteiger partial charge in [-0.3, -0.25) is 0 Å². The maximum atomic E-state index is 11.0. The van der Waals surface area contributed by atoms with Gasteiger partial charge in [-0.05, 0) is 19.1 Å². The fourth-order valence-corrected chi connectivity index (χ4v) is 6.41. The number of phenols is 4. The monoisotopic (exact) mass is 775 g/mol. The third-order valence-electron chi connectivity index (χ3n) is 9.58. The van der Waals surface area contributed by atoms with Crippen LogP contribution in [0.25, 0.3) is 6.08 Å². The lowest BCUT2D eigenvalue weighted by molar-refractivity contribution is -0.325. The molecule has 6 rings (SSSR count). The average molecular weight is 776 g/mol. The second-order valence-electron chi connectivity index (χ2n) is 13.3. The summed E-state index contributed by atoms with van der Waals surface area (Å²) in [5.41, 5.74) is -0.0178. The summed E-state index contributed by atoms with van der Waals surface area (Å²) >= 11 is 0. The molecule has 0 radical (unpaired) electrons. The number of rotatable bonds is 9. The molecule has 0 amide bonds. The molecule has 300 valence electrons. The zero-order valence-electron chi connectivity index (χ0n) is 28.2. The summed E-state index contributed by atoms with van der Waals surface area (Å²) in [6.07, 6.45) is -24.8. The van der Waals surface area contributed by atoms with Gasteiger partial charge in [-0.2, -0.15) is 0 Å². The molecule has 4 aliphatic heterocycles. The lowest BCUT2D eigenvalue weighted by Gasteiger charge is -2.42. The second-order valence-corrected chi connectivity index (χ2v) is 13.3. The Morgan fingerprint density at radius 3 is 1.81 bits per heavy atom.